The largest absolute Gasteiger partial charge is 0.340 e. The molecule has 0 spiro atoms. The van der Waals surface area contributed by atoms with Gasteiger partial charge >= 0.3 is 0 Å². The van der Waals surface area contributed by atoms with Crippen LogP contribution in [0.1, 0.15) is 46.0 Å². The zero-order valence-electron chi connectivity index (χ0n) is 15.6. The summed E-state index contributed by atoms with van der Waals surface area (Å²) >= 11 is 0. The van der Waals surface area contributed by atoms with E-state index in [2.05, 4.69) is 71.8 Å². The van der Waals surface area contributed by atoms with Crippen LogP contribution in [-0.2, 0) is 6.54 Å². The monoisotopic (exact) mass is 334 g/mol. The van der Waals surface area contributed by atoms with Crippen LogP contribution >= 0.6 is 0 Å². The van der Waals surface area contributed by atoms with Crippen LogP contribution in [0, 0.1) is 0 Å². The quantitative estimate of drug-likeness (QED) is 0.532. The van der Waals surface area contributed by atoms with Crippen molar-refractivity contribution in [3.05, 3.63) is 48.5 Å². The molecule has 2 unspecified atom stereocenters. The molecule has 1 saturated heterocycles. The summed E-state index contributed by atoms with van der Waals surface area (Å²) in [6, 6.07) is 19.2. The summed E-state index contributed by atoms with van der Waals surface area (Å²) < 4.78 is 2.52. The lowest BCUT2D eigenvalue weighted by molar-refractivity contribution is 0.101. The number of aromatic nitrogens is 1. The van der Waals surface area contributed by atoms with Crippen LogP contribution in [0.2, 0.25) is 0 Å². The van der Waals surface area contributed by atoms with Gasteiger partial charge in [0, 0.05) is 40.4 Å². The van der Waals surface area contributed by atoms with E-state index in [0.717, 1.165) is 18.6 Å². The van der Waals surface area contributed by atoms with Crippen LogP contribution in [-0.4, -0.2) is 28.1 Å². The minimum Gasteiger partial charge on any atom is -0.340 e. The smallest absolute Gasteiger partial charge is 0.0491 e. The number of unbranched alkanes of at least 4 members (excludes halogenated alkanes) is 1. The van der Waals surface area contributed by atoms with E-state index in [0.29, 0.717) is 0 Å². The number of para-hydroxylation sites is 2. The van der Waals surface area contributed by atoms with Gasteiger partial charge in [-0.25, -0.2) is 0 Å². The Balaban J connectivity index is 1.47. The van der Waals surface area contributed by atoms with E-state index in [-0.39, 0.29) is 0 Å². The van der Waals surface area contributed by atoms with E-state index in [9.17, 15) is 0 Å². The topological polar surface area (TPSA) is 8.17 Å². The third-order valence-electron chi connectivity index (χ3n) is 6.10. The van der Waals surface area contributed by atoms with Crippen molar-refractivity contribution in [2.45, 2.75) is 64.6 Å². The number of rotatable bonds is 5. The highest BCUT2D eigenvalue weighted by molar-refractivity contribution is 6.07. The highest BCUT2D eigenvalue weighted by Gasteiger charge is 2.23. The molecule has 2 atom stereocenters. The second-order valence-electron chi connectivity index (χ2n) is 7.76. The van der Waals surface area contributed by atoms with E-state index in [4.69, 9.17) is 0 Å². The molecule has 0 N–H and O–H groups in total. The van der Waals surface area contributed by atoms with Crippen LogP contribution in [0.15, 0.2) is 48.5 Å². The van der Waals surface area contributed by atoms with Gasteiger partial charge in [-0.05, 0) is 58.2 Å². The van der Waals surface area contributed by atoms with Gasteiger partial charge in [-0.15, -0.1) is 0 Å². The van der Waals surface area contributed by atoms with Crippen LogP contribution in [0.3, 0.4) is 0 Å². The van der Waals surface area contributed by atoms with Crippen molar-refractivity contribution in [1.29, 1.82) is 0 Å². The summed E-state index contributed by atoms with van der Waals surface area (Å²) in [4.78, 5) is 2.73. The summed E-state index contributed by atoms with van der Waals surface area (Å²) in [5.41, 5.74) is 2.76. The Morgan fingerprint density at radius 1 is 0.760 bits per heavy atom. The molecule has 3 aromatic rings. The number of aryl methyl sites for hydroxylation is 1. The van der Waals surface area contributed by atoms with E-state index in [1.165, 1.54) is 60.5 Å². The molecule has 2 heteroatoms. The molecule has 1 aromatic heterocycles. The highest BCUT2D eigenvalue weighted by atomic mass is 15.2. The van der Waals surface area contributed by atoms with Crippen LogP contribution < -0.4 is 0 Å². The summed E-state index contributed by atoms with van der Waals surface area (Å²) in [5, 5.41) is 2.77. The Labute approximate surface area is 151 Å². The molecular weight excluding hydrogens is 304 g/mol. The van der Waals surface area contributed by atoms with Crippen LogP contribution in [0.4, 0.5) is 0 Å². The first kappa shape index (κ1) is 16.7. The van der Waals surface area contributed by atoms with Gasteiger partial charge in [0.15, 0.2) is 0 Å². The third-order valence-corrected chi connectivity index (χ3v) is 6.10. The fourth-order valence-corrected chi connectivity index (χ4v) is 4.72. The lowest BCUT2D eigenvalue weighted by Gasteiger charge is -2.39. The zero-order valence-corrected chi connectivity index (χ0v) is 15.6. The van der Waals surface area contributed by atoms with Crippen LogP contribution in [0.5, 0.6) is 0 Å². The van der Waals surface area contributed by atoms with Crippen molar-refractivity contribution in [2.24, 2.45) is 0 Å². The van der Waals surface area contributed by atoms with E-state index >= 15 is 0 Å². The summed E-state index contributed by atoms with van der Waals surface area (Å²) in [5.74, 6) is 0. The molecule has 0 amide bonds. The number of nitrogens with zero attached hydrogens (tertiary/aromatic N) is 2. The van der Waals surface area contributed by atoms with Gasteiger partial charge in [0.2, 0.25) is 0 Å². The number of hydrogen-bond donors (Lipinski definition) is 0. The molecule has 0 radical (unpaired) electrons. The molecular formula is C23H30N2. The Kier molecular flexibility index (Phi) is 4.80. The molecule has 0 saturated carbocycles. The zero-order chi connectivity index (χ0) is 17.2. The fraction of sp³-hybridized carbons (Fsp3) is 0.478. The summed E-state index contributed by atoms with van der Waals surface area (Å²) in [6.45, 7) is 7.18. The maximum Gasteiger partial charge on any atom is 0.0491 e. The SMILES string of the molecule is CC1CCCC(C)N1CCCCn1c2ccccc2c2ccccc21. The van der Waals surface area contributed by atoms with E-state index in [1.807, 2.05) is 0 Å². The van der Waals surface area contributed by atoms with Gasteiger partial charge in [0.05, 0.1) is 0 Å². The second-order valence-corrected chi connectivity index (χ2v) is 7.76. The Morgan fingerprint density at radius 2 is 1.28 bits per heavy atom. The first-order valence-corrected chi connectivity index (χ1v) is 9.97. The minimum absolute atomic E-state index is 0.761. The van der Waals surface area contributed by atoms with Gasteiger partial charge in [-0.3, -0.25) is 4.90 Å². The van der Waals surface area contributed by atoms with E-state index < -0.39 is 0 Å². The van der Waals surface area contributed by atoms with Crippen LogP contribution in [0.25, 0.3) is 21.8 Å². The second kappa shape index (κ2) is 7.21. The Morgan fingerprint density at radius 3 is 1.88 bits per heavy atom. The predicted octanol–water partition coefficient (Wildman–Crippen LogP) is 5.84. The molecule has 0 aliphatic carbocycles. The van der Waals surface area contributed by atoms with Crippen molar-refractivity contribution in [3.8, 4) is 0 Å². The number of piperidine rings is 1. The molecule has 1 aliphatic heterocycles. The van der Waals surface area contributed by atoms with E-state index in [1.54, 1.807) is 0 Å². The Bertz CT molecular complexity index is 784. The summed E-state index contributed by atoms with van der Waals surface area (Å²) in [7, 11) is 0. The molecule has 1 fully saturated rings. The lowest BCUT2D eigenvalue weighted by Crippen LogP contribution is -2.44. The van der Waals surface area contributed by atoms with Crippen molar-refractivity contribution >= 4 is 21.8 Å². The van der Waals surface area contributed by atoms with Gasteiger partial charge < -0.3 is 4.57 Å². The van der Waals surface area contributed by atoms with Crippen molar-refractivity contribution in [3.63, 3.8) is 0 Å². The average Bonchev–Trinajstić information content (AvgIpc) is 2.95. The molecule has 1 aliphatic rings. The van der Waals surface area contributed by atoms with Crippen molar-refractivity contribution in [1.82, 2.24) is 9.47 Å². The molecule has 2 heterocycles. The number of likely N-dealkylation sites (tertiary alicyclic amines) is 1. The highest BCUT2D eigenvalue weighted by Crippen LogP contribution is 2.29. The average molecular weight is 335 g/mol. The Hall–Kier alpha value is -1.80. The number of fused-ring (bicyclic) bond motifs is 3. The normalized spacial score (nSPS) is 22.0. The molecule has 4 rings (SSSR count). The molecule has 2 nitrogen and oxygen atoms in total. The van der Waals surface area contributed by atoms with Gasteiger partial charge in [0.25, 0.3) is 0 Å². The van der Waals surface area contributed by atoms with Gasteiger partial charge in [0.1, 0.15) is 0 Å². The van der Waals surface area contributed by atoms with Crippen molar-refractivity contribution < 1.29 is 0 Å². The van der Waals surface area contributed by atoms with Gasteiger partial charge in [-0.2, -0.15) is 0 Å². The number of hydrogen-bond acceptors (Lipinski definition) is 1. The van der Waals surface area contributed by atoms with Gasteiger partial charge in [-0.1, -0.05) is 42.8 Å². The first-order chi connectivity index (χ1) is 12.3. The molecule has 0 bridgehead atoms. The summed E-state index contributed by atoms with van der Waals surface area (Å²) in [6.07, 6.45) is 6.68. The first-order valence-electron chi connectivity index (χ1n) is 9.97. The maximum atomic E-state index is 2.73. The number of benzene rings is 2. The predicted molar refractivity (Wildman–Crippen MR) is 108 cm³/mol. The maximum absolute atomic E-state index is 2.73. The lowest BCUT2D eigenvalue weighted by atomic mass is 9.97. The van der Waals surface area contributed by atoms with Crippen molar-refractivity contribution in [2.75, 3.05) is 6.54 Å². The molecule has 2 aromatic carbocycles. The molecule has 132 valence electrons. The molecule has 25 heavy (non-hydrogen) atoms. The standard InChI is InChI=1S/C23H30N2/c1-18-10-9-11-19(2)24(18)16-7-8-17-25-22-14-5-3-12-20(22)21-13-4-6-15-23(21)25/h3-6,12-15,18-19H,7-11,16-17H2,1-2H3. The third kappa shape index (κ3) is 3.20. The minimum atomic E-state index is 0.761. The fourth-order valence-electron chi connectivity index (χ4n) is 4.72.